The van der Waals surface area contributed by atoms with Crippen molar-refractivity contribution in [3.63, 3.8) is 0 Å². The van der Waals surface area contributed by atoms with E-state index in [9.17, 15) is 0 Å². The van der Waals surface area contributed by atoms with Crippen LogP contribution in [0.1, 0.15) is 46.0 Å². The lowest BCUT2D eigenvalue weighted by Crippen LogP contribution is -2.23. The summed E-state index contributed by atoms with van der Waals surface area (Å²) in [5.41, 5.74) is 0. The Bertz CT molecular complexity index is 92.1. The Balaban J connectivity index is 3.05. The molecule has 1 N–H and O–H groups in total. The van der Waals surface area contributed by atoms with Crippen molar-refractivity contribution in [2.45, 2.75) is 52.0 Å². The van der Waals surface area contributed by atoms with Gasteiger partial charge >= 0.3 is 0 Å². The first kappa shape index (κ1) is 12.9. The molecule has 0 rings (SSSR count). The van der Waals surface area contributed by atoms with E-state index < -0.39 is 0 Å². The van der Waals surface area contributed by atoms with Crippen molar-refractivity contribution in [1.82, 2.24) is 5.32 Å². The minimum Gasteiger partial charge on any atom is -0.382 e. The summed E-state index contributed by atoms with van der Waals surface area (Å²) in [5.74, 6) is 0. The van der Waals surface area contributed by atoms with Crippen LogP contribution in [-0.4, -0.2) is 26.3 Å². The fraction of sp³-hybridized carbons (Fsp3) is 1.00. The summed E-state index contributed by atoms with van der Waals surface area (Å²) >= 11 is 0. The first-order chi connectivity index (χ1) is 6.35. The highest BCUT2D eigenvalue weighted by Gasteiger charge is 2.01. The average molecular weight is 187 g/mol. The maximum Gasteiger partial charge on any atom is 0.0465 e. The quantitative estimate of drug-likeness (QED) is 0.560. The topological polar surface area (TPSA) is 21.3 Å². The van der Waals surface area contributed by atoms with Crippen LogP contribution < -0.4 is 5.32 Å². The van der Waals surface area contributed by atoms with Gasteiger partial charge in [0.05, 0.1) is 0 Å². The molecule has 0 aromatic carbocycles. The van der Waals surface area contributed by atoms with Gasteiger partial charge in [0.15, 0.2) is 0 Å². The van der Waals surface area contributed by atoms with Crippen LogP contribution in [-0.2, 0) is 4.74 Å². The Labute approximate surface area is 83.1 Å². The smallest absolute Gasteiger partial charge is 0.0465 e. The van der Waals surface area contributed by atoms with Gasteiger partial charge in [0.2, 0.25) is 0 Å². The molecule has 2 nitrogen and oxygen atoms in total. The molecule has 13 heavy (non-hydrogen) atoms. The van der Waals surface area contributed by atoms with Crippen molar-refractivity contribution >= 4 is 0 Å². The van der Waals surface area contributed by atoms with Gasteiger partial charge in [0.25, 0.3) is 0 Å². The van der Waals surface area contributed by atoms with Gasteiger partial charge in [-0.25, -0.2) is 0 Å². The van der Waals surface area contributed by atoms with E-state index in [0.29, 0.717) is 6.04 Å². The summed E-state index contributed by atoms with van der Waals surface area (Å²) in [5, 5.41) is 3.32. The zero-order chi connectivity index (χ0) is 9.94. The predicted molar refractivity (Wildman–Crippen MR) is 58.1 cm³/mol. The number of hydrogen-bond donors (Lipinski definition) is 1. The average Bonchev–Trinajstić information content (AvgIpc) is 2.17. The van der Waals surface area contributed by atoms with Crippen LogP contribution in [0.5, 0.6) is 0 Å². The molecular formula is C11H25NO. The Morgan fingerprint density at radius 2 is 1.92 bits per heavy atom. The van der Waals surface area contributed by atoms with Crippen LogP contribution in [0.3, 0.4) is 0 Å². The third-order valence-electron chi connectivity index (χ3n) is 2.45. The summed E-state index contributed by atoms with van der Waals surface area (Å²) in [7, 11) is 2.05. The Morgan fingerprint density at radius 3 is 2.46 bits per heavy atom. The summed E-state index contributed by atoms with van der Waals surface area (Å²) in [4.78, 5) is 0. The summed E-state index contributed by atoms with van der Waals surface area (Å²) in [6.45, 7) is 6.08. The van der Waals surface area contributed by atoms with Gasteiger partial charge in [-0.1, -0.05) is 19.8 Å². The van der Waals surface area contributed by atoms with E-state index in [1.807, 2.05) is 14.0 Å². The fourth-order valence-electron chi connectivity index (χ4n) is 1.47. The summed E-state index contributed by atoms with van der Waals surface area (Å²) in [6.07, 6.45) is 6.39. The number of ether oxygens (including phenoxy) is 1. The third kappa shape index (κ3) is 8.26. The Morgan fingerprint density at radius 1 is 1.15 bits per heavy atom. The van der Waals surface area contributed by atoms with E-state index in [4.69, 9.17) is 4.74 Å². The molecule has 0 aromatic rings. The monoisotopic (exact) mass is 187 g/mol. The van der Waals surface area contributed by atoms with E-state index in [1.54, 1.807) is 0 Å². The summed E-state index contributed by atoms with van der Waals surface area (Å²) < 4.78 is 5.28. The molecule has 1 atom stereocenters. The van der Waals surface area contributed by atoms with Gasteiger partial charge < -0.3 is 10.1 Å². The zero-order valence-electron chi connectivity index (χ0n) is 9.44. The molecule has 0 bridgehead atoms. The van der Waals surface area contributed by atoms with E-state index >= 15 is 0 Å². The molecule has 0 amide bonds. The molecule has 0 fully saturated rings. The van der Waals surface area contributed by atoms with Crippen molar-refractivity contribution in [2.75, 3.05) is 20.3 Å². The maximum atomic E-state index is 5.28. The normalized spacial score (nSPS) is 13.2. The van der Waals surface area contributed by atoms with E-state index in [1.165, 1.54) is 32.1 Å². The molecule has 0 heterocycles. The van der Waals surface area contributed by atoms with Crippen molar-refractivity contribution in [3.8, 4) is 0 Å². The number of nitrogens with one attached hydrogen (secondary N) is 1. The highest BCUT2D eigenvalue weighted by atomic mass is 16.5. The molecule has 0 radical (unpaired) electrons. The fourth-order valence-corrected chi connectivity index (χ4v) is 1.47. The van der Waals surface area contributed by atoms with Gasteiger partial charge in [-0.3, -0.25) is 0 Å². The lowest BCUT2D eigenvalue weighted by molar-refractivity contribution is 0.142. The highest BCUT2D eigenvalue weighted by molar-refractivity contribution is 4.61. The lowest BCUT2D eigenvalue weighted by atomic mass is 10.1. The first-order valence-electron chi connectivity index (χ1n) is 5.60. The molecule has 0 aliphatic carbocycles. The zero-order valence-corrected chi connectivity index (χ0v) is 9.44. The van der Waals surface area contributed by atoms with Gasteiger partial charge in [-0.05, 0) is 33.2 Å². The molecule has 0 saturated carbocycles. The van der Waals surface area contributed by atoms with Crippen molar-refractivity contribution in [1.29, 1.82) is 0 Å². The van der Waals surface area contributed by atoms with Crippen LogP contribution in [0.25, 0.3) is 0 Å². The number of hydrogen-bond acceptors (Lipinski definition) is 2. The molecular weight excluding hydrogens is 162 g/mol. The molecule has 2 heteroatoms. The van der Waals surface area contributed by atoms with E-state index in [-0.39, 0.29) is 0 Å². The molecule has 0 spiro atoms. The molecule has 0 aliphatic heterocycles. The van der Waals surface area contributed by atoms with Crippen molar-refractivity contribution < 1.29 is 4.74 Å². The van der Waals surface area contributed by atoms with Crippen molar-refractivity contribution in [2.24, 2.45) is 0 Å². The molecule has 80 valence electrons. The number of rotatable bonds is 9. The highest BCUT2D eigenvalue weighted by Crippen LogP contribution is 2.05. The molecule has 1 unspecified atom stereocenters. The molecule has 0 aliphatic rings. The second kappa shape index (κ2) is 10.0. The van der Waals surface area contributed by atoms with Crippen molar-refractivity contribution in [3.05, 3.63) is 0 Å². The predicted octanol–water partition coefficient (Wildman–Crippen LogP) is 2.58. The van der Waals surface area contributed by atoms with Gasteiger partial charge in [0, 0.05) is 19.3 Å². The van der Waals surface area contributed by atoms with Gasteiger partial charge in [-0.15, -0.1) is 0 Å². The Kier molecular flexibility index (Phi) is 9.94. The minimum atomic E-state index is 0.715. The molecule has 0 saturated heterocycles. The van der Waals surface area contributed by atoms with Crippen LogP contribution >= 0.6 is 0 Å². The van der Waals surface area contributed by atoms with E-state index in [0.717, 1.165) is 13.2 Å². The lowest BCUT2D eigenvalue weighted by Gasteiger charge is -2.12. The van der Waals surface area contributed by atoms with Crippen LogP contribution in [0, 0.1) is 0 Å². The first-order valence-corrected chi connectivity index (χ1v) is 5.60. The van der Waals surface area contributed by atoms with Gasteiger partial charge in [-0.2, -0.15) is 0 Å². The van der Waals surface area contributed by atoms with Gasteiger partial charge in [0.1, 0.15) is 0 Å². The number of unbranched alkanes of at least 4 members (excludes halogenated alkanes) is 2. The van der Waals surface area contributed by atoms with E-state index in [2.05, 4.69) is 12.2 Å². The largest absolute Gasteiger partial charge is 0.382 e. The second-order valence-corrected chi connectivity index (χ2v) is 3.44. The third-order valence-corrected chi connectivity index (χ3v) is 2.45. The van der Waals surface area contributed by atoms with Crippen LogP contribution in [0.4, 0.5) is 0 Å². The maximum absolute atomic E-state index is 5.28. The Hall–Kier alpha value is -0.0800. The van der Waals surface area contributed by atoms with Crippen LogP contribution in [0.15, 0.2) is 0 Å². The minimum absolute atomic E-state index is 0.715. The molecule has 0 aromatic heterocycles. The standard InChI is InChI=1S/C11H25NO/c1-4-11(12-3)9-7-6-8-10-13-5-2/h11-12H,4-10H2,1-3H3. The SMILES string of the molecule is CCOCCCCCC(CC)NC. The second-order valence-electron chi connectivity index (χ2n) is 3.44. The van der Waals surface area contributed by atoms with Crippen LogP contribution in [0.2, 0.25) is 0 Å². The summed E-state index contributed by atoms with van der Waals surface area (Å²) in [6, 6.07) is 0.715.